The van der Waals surface area contributed by atoms with Gasteiger partial charge in [-0.1, -0.05) is 18.2 Å². The number of likely N-dealkylation sites (tertiary alicyclic amines) is 1. The summed E-state index contributed by atoms with van der Waals surface area (Å²) < 4.78 is 73.8. The maximum atomic E-state index is 13.4. The molecule has 39 heavy (non-hydrogen) atoms. The van der Waals surface area contributed by atoms with Gasteiger partial charge in [-0.2, -0.15) is 26.3 Å². The van der Waals surface area contributed by atoms with Crippen molar-refractivity contribution in [2.45, 2.75) is 25.2 Å². The van der Waals surface area contributed by atoms with Crippen LogP contribution >= 0.6 is 0 Å². The summed E-state index contributed by atoms with van der Waals surface area (Å²) >= 11 is 0. The van der Waals surface area contributed by atoms with Crippen LogP contribution in [0.3, 0.4) is 0 Å². The molecule has 3 aromatic rings. The summed E-state index contributed by atoms with van der Waals surface area (Å²) in [6, 6.07) is 11.3. The molecule has 7 nitrogen and oxygen atoms in total. The van der Waals surface area contributed by atoms with Crippen LogP contribution in [0.4, 0.5) is 26.3 Å². The predicted molar refractivity (Wildman–Crippen MR) is 132 cm³/mol. The van der Waals surface area contributed by atoms with Gasteiger partial charge in [0.1, 0.15) is 6.33 Å². The van der Waals surface area contributed by atoms with Gasteiger partial charge >= 0.3 is 18.3 Å². The zero-order valence-electron chi connectivity index (χ0n) is 20.8. The molecule has 0 unspecified atom stereocenters. The molecule has 2 N–H and O–H groups in total. The van der Waals surface area contributed by atoms with E-state index in [1.54, 1.807) is 4.57 Å². The Labute approximate surface area is 219 Å². The van der Waals surface area contributed by atoms with Gasteiger partial charge in [0.2, 0.25) is 5.91 Å². The van der Waals surface area contributed by atoms with Crippen molar-refractivity contribution in [2.24, 2.45) is 5.92 Å². The molecule has 0 atom stereocenters. The lowest BCUT2D eigenvalue weighted by atomic mass is 9.97. The van der Waals surface area contributed by atoms with Gasteiger partial charge in [0, 0.05) is 23.9 Å². The highest BCUT2D eigenvalue weighted by Gasteiger charge is 2.38. The van der Waals surface area contributed by atoms with Gasteiger partial charge in [-0.15, -0.1) is 0 Å². The van der Waals surface area contributed by atoms with Crippen molar-refractivity contribution in [3.8, 4) is 5.69 Å². The van der Waals surface area contributed by atoms with Gasteiger partial charge in [0.15, 0.2) is 0 Å². The third-order valence-corrected chi connectivity index (χ3v) is 6.09. The Morgan fingerprint density at radius 1 is 1.08 bits per heavy atom. The number of hydrogen-bond donors (Lipinski definition) is 2. The van der Waals surface area contributed by atoms with E-state index in [1.807, 2.05) is 30.3 Å². The van der Waals surface area contributed by atoms with Crippen LogP contribution in [0.5, 0.6) is 0 Å². The SMILES string of the molecule is CN1CCC(CNC(=O)C=Cc2cc(C(F)(F)F)cc3ncn(-c4ccccc4)c23)CC1.O=C(O)C(F)(F)F. The van der Waals surface area contributed by atoms with Crippen molar-refractivity contribution >= 4 is 29.0 Å². The van der Waals surface area contributed by atoms with Crippen LogP contribution in [0.25, 0.3) is 22.8 Å². The fourth-order valence-electron chi connectivity index (χ4n) is 3.99. The fourth-order valence-corrected chi connectivity index (χ4v) is 3.99. The Morgan fingerprint density at radius 3 is 2.26 bits per heavy atom. The number of aliphatic carboxylic acids is 1. The van der Waals surface area contributed by atoms with Crippen LogP contribution in [0.1, 0.15) is 24.0 Å². The molecular weight excluding hydrogens is 530 g/mol. The molecule has 1 aromatic heterocycles. The molecule has 13 heteroatoms. The molecule has 0 radical (unpaired) electrons. The van der Waals surface area contributed by atoms with Gasteiger partial charge in [-0.25, -0.2) is 9.78 Å². The first-order valence-electron chi connectivity index (χ1n) is 11.8. The number of para-hydroxylation sites is 1. The number of halogens is 6. The van der Waals surface area contributed by atoms with Crippen molar-refractivity contribution < 1.29 is 41.0 Å². The summed E-state index contributed by atoms with van der Waals surface area (Å²) in [5, 5.41) is 10.0. The van der Waals surface area contributed by atoms with Crippen molar-refractivity contribution in [2.75, 3.05) is 26.7 Å². The van der Waals surface area contributed by atoms with Gasteiger partial charge in [-0.3, -0.25) is 9.36 Å². The average Bonchev–Trinajstić information content (AvgIpc) is 3.31. The highest BCUT2D eigenvalue weighted by molar-refractivity contribution is 5.95. The lowest BCUT2D eigenvalue weighted by molar-refractivity contribution is -0.192. The molecule has 1 aliphatic rings. The van der Waals surface area contributed by atoms with Crippen LogP contribution in [0, 0.1) is 5.92 Å². The average molecular weight is 557 g/mol. The van der Waals surface area contributed by atoms with Crippen molar-refractivity contribution in [1.82, 2.24) is 19.8 Å². The number of rotatable bonds is 5. The number of carboxylic acids is 1. The molecule has 210 valence electrons. The maximum Gasteiger partial charge on any atom is 0.490 e. The molecule has 1 fully saturated rings. The number of imidazole rings is 1. The van der Waals surface area contributed by atoms with Crippen LogP contribution in [-0.2, 0) is 15.8 Å². The minimum absolute atomic E-state index is 0.218. The third kappa shape index (κ3) is 8.31. The zero-order valence-corrected chi connectivity index (χ0v) is 20.8. The zero-order chi connectivity index (χ0) is 28.8. The third-order valence-electron chi connectivity index (χ3n) is 6.09. The first kappa shape index (κ1) is 29.7. The first-order chi connectivity index (χ1) is 18.3. The van der Waals surface area contributed by atoms with Crippen molar-refractivity contribution in [3.63, 3.8) is 0 Å². The number of alkyl halides is 6. The minimum Gasteiger partial charge on any atom is -0.475 e. The monoisotopic (exact) mass is 556 g/mol. The van der Waals surface area contributed by atoms with E-state index in [4.69, 9.17) is 9.90 Å². The normalized spacial score (nSPS) is 15.3. The Kier molecular flexibility index (Phi) is 9.38. The first-order valence-corrected chi connectivity index (χ1v) is 11.8. The molecule has 0 bridgehead atoms. The standard InChI is InChI=1S/C24H25F3N4O.C2HF3O2/c1-30-11-9-17(10-12-30)15-28-22(32)8-7-18-13-19(24(25,26)27)14-21-23(18)31(16-29-21)20-5-3-2-4-6-20;3-2(4,5)1(6)7/h2-8,13-14,16-17H,9-12,15H2,1H3,(H,28,32);(H,6,7). The number of nitrogens with one attached hydrogen (secondary N) is 1. The molecule has 4 rings (SSSR count). The lowest BCUT2D eigenvalue weighted by Gasteiger charge is -2.28. The number of carbonyl (C=O) groups is 2. The highest BCUT2D eigenvalue weighted by atomic mass is 19.4. The number of nitrogens with zero attached hydrogens (tertiary/aromatic N) is 3. The highest BCUT2D eigenvalue weighted by Crippen LogP contribution is 2.34. The summed E-state index contributed by atoms with van der Waals surface area (Å²) in [5.74, 6) is -2.66. The van der Waals surface area contributed by atoms with E-state index in [0.717, 1.165) is 43.8 Å². The number of carboxylic acid groups (broad SMARTS) is 1. The molecule has 1 amide bonds. The molecule has 0 aliphatic carbocycles. The smallest absolute Gasteiger partial charge is 0.475 e. The number of aromatic nitrogens is 2. The molecule has 1 saturated heterocycles. The van der Waals surface area contributed by atoms with E-state index >= 15 is 0 Å². The van der Waals surface area contributed by atoms with Gasteiger partial charge in [0.25, 0.3) is 0 Å². The van der Waals surface area contributed by atoms with Crippen LogP contribution in [-0.4, -0.2) is 64.3 Å². The van der Waals surface area contributed by atoms with Crippen LogP contribution in [0.2, 0.25) is 0 Å². The van der Waals surface area contributed by atoms with Crippen LogP contribution in [0.15, 0.2) is 54.9 Å². The summed E-state index contributed by atoms with van der Waals surface area (Å²) in [6.45, 7) is 2.57. The Morgan fingerprint density at radius 2 is 1.69 bits per heavy atom. The van der Waals surface area contributed by atoms with Gasteiger partial charge in [-0.05, 0) is 69.2 Å². The van der Waals surface area contributed by atoms with Gasteiger partial charge < -0.3 is 15.3 Å². The summed E-state index contributed by atoms with van der Waals surface area (Å²) in [5.41, 5.74) is 0.995. The fraction of sp³-hybridized carbons (Fsp3) is 0.346. The predicted octanol–water partition coefficient (Wildman–Crippen LogP) is 5.15. The molecule has 2 aromatic carbocycles. The van der Waals surface area contributed by atoms with Gasteiger partial charge in [0.05, 0.1) is 16.6 Å². The lowest BCUT2D eigenvalue weighted by Crippen LogP contribution is -2.36. The molecule has 0 spiro atoms. The van der Waals surface area contributed by atoms with E-state index in [2.05, 4.69) is 22.2 Å². The topological polar surface area (TPSA) is 87.5 Å². The van der Waals surface area contributed by atoms with E-state index in [9.17, 15) is 31.1 Å². The summed E-state index contributed by atoms with van der Waals surface area (Å²) in [6.07, 6.45) is -3.33. The number of piperidine rings is 1. The second-order valence-electron chi connectivity index (χ2n) is 9.01. The van der Waals surface area contributed by atoms with E-state index in [1.165, 1.54) is 18.5 Å². The Balaban J connectivity index is 0.000000532. The molecule has 2 heterocycles. The number of carbonyl (C=O) groups excluding carboxylic acids is 1. The second kappa shape index (κ2) is 12.3. The van der Waals surface area contributed by atoms with Crippen molar-refractivity contribution in [3.05, 3.63) is 66.0 Å². The van der Waals surface area contributed by atoms with E-state index in [0.29, 0.717) is 18.0 Å². The molecule has 1 aliphatic heterocycles. The van der Waals surface area contributed by atoms with E-state index < -0.39 is 23.9 Å². The number of amides is 1. The number of benzene rings is 2. The molecular formula is C26H26F6N4O3. The molecule has 0 saturated carbocycles. The quantitative estimate of drug-likeness (QED) is 0.336. The summed E-state index contributed by atoms with van der Waals surface area (Å²) in [7, 11) is 2.08. The minimum atomic E-state index is -5.08. The largest absolute Gasteiger partial charge is 0.490 e. The number of hydrogen-bond acceptors (Lipinski definition) is 4. The van der Waals surface area contributed by atoms with Crippen LogP contribution < -0.4 is 5.32 Å². The maximum absolute atomic E-state index is 13.4. The second-order valence-corrected chi connectivity index (χ2v) is 9.01. The number of fused-ring (bicyclic) bond motifs is 1. The van der Waals surface area contributed by atoms with E-state index in [-0.39, 0.29) is 17.0 Å². The van der Waals surface area contributed by atoms with Crippen molar-refractivity contribution in [1.29, 1.82) is 0 Å². The Hall–Kier alpha value is -3.87. The summed E-state index contributed by atoms with van der Waals surface area (Å²) in [4.78, 5) is 27.7. The Bertz CT molecular complexity index is 1310.